The molecule has 2 N–H and O–H groups in total. The number of piperidine rings is 1. The minimum Gasteiger partial charge on any atom is -0.481 e. The van der Waals surface area contributed by atoms with Crippen molar-refractivity contribution in [2.45, 2.75) is 38.1 Å². The number of aliphatic carboxylic acids is 1. The number of carboxylic acid groups (broad SMARTS) is 1. The molecule has 0 saturated carbocycles. The van der Waals surface area contributed by atoms with Gasteiger partial charge in [0.25, 0.3) is 0 Å². The zero-order valence-corrected chi connectivity index (χ0v) is 10.0. The quantitative estimate of drug-likeness (QED) is 0.751. The van der Waals surface area contributed by atoms with Gasteiger partial charge in [-0.1, -0.05) is 0 Å². The Hall–Kier alpha value is -1.10. The Bertz CT molecular complexity index is 292. The fourth-order valence-corrected chi connectivity index (χ4v) is 2.72. The van der Waals surface area contributed by atoms with Crippen LogP contribution in [0.5, 0.6) is 0 Å². The van der Waals surface area contributed by atoms with Crippen molar-refractivity contribution in [3.8, 4) is 0 Å². The third-order valence-corrected chi connectivity index (χ3v) is 3.75. The maximum Gasteiger partial charge on any atom is 0.303 e. The van der Waals surface area contributed by atoms with Crippen molar-refractivity contribution in [2.24, 2.45) is 5.92 Å². The first-order valence-electron chi connectivity index (χ1n) is 6.41. The second-order valence-electron chi connectivity index (χ2n) is 5.02. The molecule has 2 aliphatic rings. The third kappa shape index (κ3) is 3.19. The van der Waals surface area contributed by atoms with Crippen LogP contribution in [0.25, 0.3) is 0 Å². The van der Waals surface area contributed by atoms with Gasteiger partial charge in [-0.2, -0.15) is 0 Å². The highest BCUT2D eigenvalue weighted by atomic mass is 16.4. The summed E-state index contributed by atoms with van der Waals surface area (Å²) < 4.78 is 0. The monoisotopic (exact) mass is 240 g/mol. The second-order valence-corrected chi connectivity index (χ2v) is 5.02. The molecule has 17 heavy (non-hydrogen) atoms. The first-order valence-corrected chi connectivity index (χ1v) is 6.41. The number of carbonyl (C=O) groups is 2. The lowest BCUT2D eigenvalue weighted by molar-refractivity contribution is -0.139. The number of hydrogen-bond donors (Lipinski definition) is 2. The Balaban J connectivity index is 1.78. The van der Waals surface area contributed by atoms with Crippen molar-refractivity contribution in [3.05, 3.63) is 0 Å². The van der Waals surface area contributed by atoms with E-state index in [1.165, 1.54) is 0 Å². The molecular formula is C12H20N2O3. The number of hydrogen-bond acceptors (Lipinski definition) is 3. The molecule has 1 atom stereocenters. The summed E-state index contributed by atoms with van der Waals surface area (Å²) in [7, 11) is 0. The van der Waals surface area contributed by atoms with Crippen LogP contribution in [-0.2, 0) is 9.59 Å². The Kier molecular flexibility index (Phi) is 3.99. The highest BCUT2D eigenvalue weighted by Gasteiger charge is 2.30. The van der Waals surface area contributed by atoms with Crippen molar-refractivity contribution in [3.63, 3.8) is 0 Å². The van der Waals surface area contributed by atoms with E-state index in [0.29, 0.717) is 0 Å². The molecule has 2 aliphatic heterocycles. The van der Waals surface area contributed by atoms with E-state index in [0.717, 1.165) is 45.3 Å². The molecule has 0 radical (unpaired) electrons. The minimum absolute atomic E-state index is 0.00558. The van der Waals surface area contributed by atoms with Crippen LogP contribution in [0, 0.1) is 5.92 Å². The average molecular weight is 240 g/mol. The maximum atomic E-state index is 12.1. The summed E-state index contributed by atoms with van der Waals surface area (Å²) in [6.45, 7) is 2.37. The Morgan fingerprint density at radius 3 is 2.47 bits per heavy atom. The molecule has 2 rings (SSSR count). The summed E-state index contributed by atoms with van der Waals surface area (Å²) >= 11 is 0. The fraction of sp³-hybridized carbons (Fsp3) is 0.833. The van der Waals surface area contributed by atoms with Crippen LogP contribution in [-0.4, -0.2) is 47.6 Å². The smallest absolute Gasteiger partial charge is 0.303 e. The molecule has 0 aromatic carbocycles. The Labute approximate surface area is 101 Å². The zero-order valence-electron chi connectivity index (χ0n) is 10.0. The number of carboxylic acids is 1. The number of nitrogens with zero attached hydrogens (tertiary/aromatic N) is 1. The number of nitrogens with one attached hydrogen (secondary N) is 1. The molecule has 0 aromatic rings. The van der Waals surface area contributed by atoms with Crippen molar-refractivity contribution in [1.82, 2.24) is 10.2 Å². The molecule has 0 spiro atoms. The van der Waals surface area contributed by atoms with E-state index < -0.39 is 5.97 Å². The number of rotatable bonds is 3. The van der Waals surface area contributed by atoms with Crippen LogP contribution in [0.2, 0.25) is 0 Å². The molecule has 0 bridgehead atoms. The summed E-state index contributed by atoms with van der Waals surface area (Å²) in [6, 6.07) is 0.00558. The predicted octanol–water partition coefficient (Wildman–Crippen LogP) is 0.452. The summed E-state index contributed by atoms with van der Waals surface area (Å²) in [4.78, 5) is 24.6. The van der Waals surface area contributed by atoms with Crippen molar-refractivity contribution in [2.75, 3.05) is 19.6 Å². The van der Waals surface area contributed by atoms with Gasteiger partial charge >= 0.3 is 5.97 Å². The molecule has 5 nitrogen and oxygen atoms in total. The van der Waals surface area contributed by atoms with E-state index in [-0.39, 0.29) is 24.3 Å². The molecule has 0 aliphatic carbocycles. The fourth-order valence-electron chi connectivity index (χ4n) is 2.72. The molecule has 5 heteroatoms. The Morgan fingerprint density at radius 1 is 1.24 bits per heavy atom. The van der Waals surface area contributed by atoms with Gasteiger partial charge < -0.3 is 15.3 Å². The van der Waals surface area contributed by atoms with Crippen LogP contribution in [0.15, 0.2) is 0 Å². The van der Waals surface area contributed by atoms with E-state index >= 15 is 0 Å². The summed E-state index contributed by atoms with van der Waals surface area (Å²) in [5.41, 5.74) is 0. The van der Waals surface area contributed by atoms with Crippen molar-refractivity contribution in [1.29, 1.82) is 0 Å². The van der Waals surface area contributed by atoms with Crippen LogP contribution in [0.4, 0.5) is 0 Å². The van der Waals surface area contributed by atoms with Gasteiger partial charge in [0.2, 0.25) is 5.91 Å². The lowest BCUT2D eigenvalue weighted by atomic mass is 9.93. The van der Waals surface area contributed by atoms with E-state index in [1.807, 2.05) is 4.90 Å². The van der Waals surface area contributed by atoms with E-state index in [1.54, 1.807) is 0 Å². The largest absolute Gasteiger partial charge is 0.481 e. The first kappa shape index (κ1) is 12.4. The van der Waals surface area contributed by atoms with Gasteiger partial charge in [-0.3, -0.25) is 9.59 Å². The van der Waals surface area contributed by atoms with E-state index in [2.05, 4.69) is 5.32 Å². The summed E-state index contributed by atoms with van der Waals surface area (Å²) in [6.07, 6.45) is 3.90. The van der Waals surface area contributed by atoms with Crippen LogP contribution in [0.3, 0.4) is 0 Å². The normalized spacial score (nSPS) is 26.1. The number of amides is 1. The van der Waals surface area contributed by atoms with Gasteiger partial charge in [0.05, 0.1) is 6.04 Å². The topological polar surface area (TPSA) is 69.6 Å². The van der Waals surface area contributed by atoms with Crippen molar-refractivity contribution >= 4 is 11.9 Å². The van der Waals surface area contributed by atoms with Gasteiger partial charge in [0, 0.05) is 19.5 Å². The average Bonchev–Trinajstić information content (AvgIpc) is 2.82. The van der Waals surface area contributed by atoms with Crippen LogP contribution < -0.4 is 5.32 Å². The van der Waals surface area contributed by atoms with Crippen LogP contribution in [0.1, 0.15) is 32.1 Å². The highest BCUT2D eigenvalue weighted by molar-refractivity contribution is 5.82. The molecule has 1 unspecified atom stereocenters. The number of likely N-dealkylation sites (tertiary alicyclic amines) is 1. The highest BCUT2D eigenvalue weighted by Crippen LogP contribution is 2.21. The number of carbonyl (C=O) groups excluding carboxylic acids is 1. The molecule has 2 saturated heterocycles. The first-order chi connectivity index (χ1) is 8.16. The molecule has 1 amide bonds. The molecular weight excluding hydrogens is 220 g/mol. The maximum absolute atomic E-state index is 12.1. The second kappa shape index (κ2) is 5.49. The molecule has 2 heterocycles. The minimum atomic E-state index is -0.729. The lowest BCUT2D eigenvalue weighted by Crippen LogP contribution is -2.47. The van der Waals surface area contributed by atoms with Gasteiger partial charge in [0.1, 0.15) is 0 Å². The van der Waals surface area contributed by atoms with E-state index in [9.17, 15) is 9.59 Å². The van der Waals surface area contributed by atoms with Crippen molar-refractivity contribution < 1.29 is 14.7 Å². The van der Waals surface area contributed by atoms with Gasteiger partial charge in [-0.15, -0.1) is 0 Å². The summed E-state index contributed by atoms with van der Waals surface area (Å²) in [5, 5.41) is 11.9. The van der Waals surface area contributed by atoms with E-state index in [4.69, 9.17) is 5.11 Å². The van der Waals surface area contributed by atoms with Gasteiger partial charge in [-0.25, -0.2) is 0 Å². The Morgan fingerprint density at radius 2 is 1.94 bits per heavy atom. The lowest BCUT2D eigenvalue weighted by Gasteiger charge is -2.33. The molecule has 0 aromatic heterocycles. The third-order valence-electron chi connectivity index (χ3n) is 3.75. The standard InChI is InChI=1S/C12H20N2O3/c15-11(16)8-9-3-6-14(7-4-9)12(17)10-2-1-5-13-10/h9-10,13H,1-8H2,(H,15,16). The molecule has 2 fully saturated rings. The SMILES string of the molecule is O=C(O)CC1CCN(C(=O)C2CCCN2)CC1. The molecule has 96 valence electrons. The predicted molar refractivity (Wildman–Crippen MR) is 62.6 cm³/mol. The van der Waals surface area contributed by atoms with Crippen LogP contribution >= 0.6 is 0 Å². The zero-order chi connectivity index (χ0) is 12.3. The van der Waals surface area contributed by atoms with Gasteiger partial charge in [0.15, 0.2) is 0 Å². The summed E-state index contributed by atoms with van der Waals surface area (Å²) in [5.74, 6) is -0.281. The van der Waals surface area contributed by atoms with Gasteiger partial charge in [-0.05, 0) is 38.1 Å².